The summed E-state index contributed by atoms with van der Waals surface area (Å²) in [6.45, 7) is 1.32. The van der Waals surface area contributed by atoms with Crippen LogP contribution in [0.25, 0.3) is 0 Å². The number of amides is 2. The molecule has 0 unspecified atom stereocenters. The van der Waals surface area contributed by atoms with Crippen LogP contribution in [0, 0.1) is 5.92 Å². The van der Waals surface area contributed by atoms with Gasteiger partial charge >= 0.3 is 0 Å². The Morgan fingerprint density at radius 1 is 1.24 bits per heavy atom. The minimum atomic E-state index is -0.00244. The van der Waals surface area contributed by atoms with Crippen LogP contribution in [0.4, 0.5) is 0 Å². The first kappa shape index (κ1) is 15.9. The predicted molar refractivity (Wildman–Crippen MR) is 90.9 cm³/mol. The maximum atomic E-state index is 12.4. The number of hydrogen-bond acceptors (Lipinski definition) is 4. The van der Waals surface area contributed by atoms with Gasteiger partial charge in [0.25, 0.3) is 5.91 Å². The summed E-state index contributed by atoms with van der Waals surface area (Å²) in [4.78, 5) is 30.7. The molecule has 1 aliphatic heterocycles. The summed E-state index contributed by atoms with van der Waals surface area (Å²) in [5, 5.41) is 3.16. The molecular weight excluding hydrogens is 318 g/mol. The van der Waals surface area contributed by atoms with Crippen molar-refractivity contribution in [3.63, 3.8) is 0 Å². The SMILES string of the molecule is O=C(NC1CCN(C(=O)c2ccoc2)CC1)[C@@H]1C[C@H]1c1cccnc1. The molecule has 1 N–H and O–H groups in total. The lowest BCUT2D eigenvalue weighted by Gasteiger charge is -2.32. The molecule has 6 heteroatoms. The van der Waals surface area contributed by atoms with E-state index in [-0.39, 0.29) is 23.8 Å². The molecule has 4 rings (SSSR count). The largest absolute Gasteiger partial charge is 0.472 e. The third kappa shape index (κ3) is 3.43. The Morgan fingerprint density at radius 3 is 2.76 bits per heavy atom. The van der Waals surface area contributed by atoms with E-state index in [0.717, 1.165) is 24.8 Å². The molecule has 0 spiro atoms. The molecule has 0 radical (unpaired) electrons. The zero-order valence-corrected chi connectivity index (χ0v) is 13.9. The lowest BCUT2D eigenvalue weighted by atomic mass is 10.0. The fourth-order valence-corrected chi connectivity index (χ4v) is 3.55. The van der Waals surface area contributed by atoms with Gasteiger partial charge in [0.2, 0.25) is 5.91 Å². The fraction of sp³-hybridized carbons (Fsp3) is 0.421. The lowest BCUT2D eigenvalue weighted by Crippen LogP contribution is -2.47. The summed E-state index contributed by atoms with van der Waals surface area (Å²) in [6, 6.07) is 5.78. The normalized spacial score (nSPS) is 23.3. The van der Waals surface area contributed by atoms with Crippen molar-refractivity contribution in [3.05, 3.63) is 54.2 Å². The molecule has 1 saturated carbocycles. The molecule has 2 fully saturated rings. The number of hydrogen-bond donors (Lipinski definition) is 1. The van der Waals surface area contributed by atoms with Crippen LogP contribution in [0.2, 0.25) is 0 Å². The number of likely N-dealkylation sites (tertiary alicyclic amines) is 1. The maximum absolute atomic E-state index is 12.4. The summed E-state index contributed by atoms with van der Waals surface area (Å²) < 4.78 is 4.97. The van der Waals surface area contributed by atoms with Gasteiger partial charge < -0.3 is 14.6 Å². The van der Waals surface area contributed by atoms with Crippen LogP contribution in [0.15, 0.2) is 47.5 Å². The Morgan fingerprint density at radius 2 is 2.08 bits per heavy atom. The number of furan rings is 1. The number of rotatable bonds is 4. The van der Waals surface area contributed by atoms with Crippen LogP contribution in [0.5, 0.6) is 0 Å². The highest BCUT2D eigenvalue weighted by Crippen LogP contribution is 2.47. The number of carbonyl (C=O) groups is 2. The molecule has 0 aromatic carbocycles. The van der Waals surface area contributed by atoms with E-state index in [9.17, 15) is 9.59 Å². The molecule has 0 bridgehead atoms. The van der Waals surface area contributed by atoms with Crippen molar-refractivity contribution in [1.82, 2.24) is 15.2 Å². The Kier molecular flexibility index (Phi) is 4.26. The van der Waals surface area contributed by atoms with Crippen LogP contribution < -0.4 is 5.32 Å². The van der Waals surface area contributed by atoms with E-state index in [1.165, 1.54) is 12.5 Å². The minimum absolute atomic E-state index is 0.00244. The molecule has 130 valence electrons. The summed E-state index contributed by atoms with van der Waals surface area (Å²) in [6.07, 6.45) is 9.06. The highest BCUT2D eigenvalue weighted by atomic mass is 16.3. The van der Waals surface area contributed by atoms with Gasteiger partial charge in [-0.25, -0.2) is 0 Å². The molecule has 3 heterocycles. The van der Waals surface area contributed by atoms with Crippen molar-refractivity contribution < 1.29 is 14.0 Å². The molecule has 2 aromatic heterocycles. The molecule has 1 aliphatic carbocycles. The van der Waals surface area contributed by atoms with E-state index in [0.29, 0.717) is 24.6 Å². The second-order valence-corrected chi connectivity index (χ2v) is 6.82. The molecule has 2 aromatic rings. The Labute approximate surface area is 146 Å². The quantitative estimate of drug-likeness (QED) is 0.926. The van der Waals surface area contributed by atoms with Crippen LogP contribution in [0.3, 0.4) is 0 Å². The van der Waals surface area contributed by atoms with E-state index in [1.807, 2.05) is 23.2 Å². The molecule has 2 amide bonds. The Bertz CT molecular complexity index is 737. The number of aromatic nitrogens is 1. The Hall–Kier alpha value is -2.63. The highest BCUT2D eigenvalue weighted by Gasteiger charge is 2.44. The first-order valence-corrected chi connectivity index (χ1v) is 8.74. The standard InChI is InChI=1S/C19H21N3O3/c23-18(17-10-16(17)13-2-1-6-20-11-13)21-15-3-7-22(8-4-15)19(24)14-5-9-25-12-14/h1-2,5-6,9,11-12,15-17H,3-4,7-8,10H2,(H,21,23)/t16-,17+/m0/s1. The second kappa shape index (κ2) is 6.70. The predicted octanol–water partition coefficient (Wildman–Crippen LogP) is 2.20. The van der Waals surface area contributed by atoms with Crippen molar-refractivity contribution in [1.29, 1.82) is 0 Å². The van der Waals surface area contributed by atoms with Crippen LogP contribution >= 0.6 is 0 Å². The molecule has 25 heavy (non-hydrogen) atoms. The van der Waals surface area contributed by atoms with E-state index in [1.54, 1.807) is 12.3 Å². The van der Waals surface area contributed by atoms with Crippen molar-refractivity contribution in [3.8, 4) is 0 Å². The lowest BCUT2D eigenvalue weighted by molar-refractivity contribution is -0.123. The molecule has 6 nitrogen and oxygen atoms in total. The van der Waals surface area contributed by atoms with Crippen LogP contribution in [0.1, 0.15) is 41.1 Å². The first-order chi connectivity index (χ1) is 12.2. The summed E-state index contributed by atoms with van der Waals surface area (Å²) in [5.41, 5.74) is 1.72. The smallest absolute Gasteiger partial charge is 0.257 e. The van der Waals surface area contributed by atoms with Gasteiger partial charge in [-0.3, -0.25) is 14.6 Å². The topological polar surface area (TPSA) is 75.4 Å². The van der Waals surface area contributed by atoms with Gasteiger partial charge in [-0.15, -0.1) is 0 Å². The number of piperidine rings is 1. The van der Waals surface area contributed by atoms with E-state index in [4.69, 9.17) is 4.42 Å². The van der Waals surface area contributed by atoms with Crippen LogP contribution in [-0.2, 0) is 4.79 Å². The Balaban J connectivity index is 1.25. The molecule has 2 atom stereocenters. The van der Waals surface area contributed by atoms with Gasteiger partial charge in [0, 0.05) is 37.4 Å². The molecular formula is C19H21N3O3. The van der Waals surface area contributed by atoms with Gasteiger partial charge in [0.05, 0.1) is 11.8 Å². The average molecular weight is 339 g/mol. The highest BCUT2D eigenvalue weighted by molar-refractivity contribution is 5.93. The number of carbonyl (C=O) groups excluding carboxylic acids is 2. The summed E-state index contributed by atoms with van der Waals surface area (Å²) in [5.74, 6) is 0.497. The zero-order valence-electron chi connectivity index (χ0n) is 13.9. The van der Waals surface area contributed by atoms with Gasteiger partial charge in [0.1, 0.15) is 6.26 Å². The third-order valence-electron chi connectivity index (χ3n) is 5.14. The van der Waals surface area contributed by atoms with Gasteiger partial charge in [-0.05, 0) is 42.9 Å². The van der Waals surface area contributed by atoms with Crippen molar-refractivity contribution in [2.24, 2.45) is 5.92 Å². The monoisotopic (exact) mass is 339 g/mol. The van der Waals surface area contributed by atoms with E-state index in [2.05, 4.69) is 10.3 Å². The maximum Gasteiger partial charge on any atom is 0.257 e. The minimum Gasteiger partial charge on any atom is -0.472 e. The van der Waals surface area contributed by atoms with E-state index >= 15 is 0 Å². The summed E-state index contributed by atoms with van der Waals surface area (Å²) >= 11 is 0. The third-order valence-corrected chi connectivity index (χ3v) is 5.14. The van der Waals surface area contributed by atoms with Gasteiger partial charge in [-0.1, -0.05) is 6.07 Å². The molecule has 2 aliphatic rings. The van der Waals surface area contributed by atoms with Crippen molar-refractivity contribution >= 4 is 11.8 Å². The number of nitrogens with zero attached hydrogens (tertiary/aromatic N) is 2. The van der Waals surface area contributed by atoms with Gasteiger partial charge in [-0.2, -0.15) is 0 Å². The van der Waals surface area contributed by atoms with Crippen LogP contribution in [-0.4, -0.2) is 40.8 Å². The van der Waals surface area contributed by atoms with Gasteiger partial charge in [0.15, 0.2) is 0 Å². The van der Waals surface area contributed by atoms with Crippen molar-refractivity contribution in [2.75, 3.05) is 13.1 Å². The zero-order chi connectivity index (χ0) is 17.2. The average Bonchev–Trinajstić information content (AvgIpc) is 3.28. The summed E-state index contributed by atoms with van der Waals surface area (Å²) in [7, 11) is 0. The second-order valence-electron chi connectivity index (χ2n) is 6.82. The number of nitrogens with one attached hydrogen (secondary N) is 1. The fourth-order valence-electron chi connectivity index (χ4n) is 3.55. The molecule has 1 saturated heterocycles. The number of pyridine rings is 1. The van der Waals surface area contributed by atoms with E-state index < -0.39 is 0 Å². The van der Waals surface area contributed by atoms with Crippen molar-refractivity contribution in [2.45, 2.75) is 31.2 Å². The first-order valence-electron chi connectivity index (χ1n) is 8.74.